The van der Waals surface area contributed by atoms with Crippen LogP contribution in [-0.4, -0.2) is 25.2 Å². The van der Waals surface area contributed by atoms with E-state index >= 15 is 0 Å². The van der Waals surface area contributed by atoms with Crippen molar-refractivity contribution in [2.75, 3.05) is 20.2 Å². The third-order valence-corrected chi connectivity index (χ3v) is 3.14. The van der Waals surface area contributed by atoms with Crippen molar-refractivity contribution in [1.29, 1.82) is 0 Å². The Bertz CT molecular complexity index is 324. The highest BCUT2D eigenvalue weighted by atomic mass is 79.9. The number of pyridine rings is 1. The summed E-state index contributed by atoms with van der Waals surface area (Å²) in [4.78, 5) is 4.40. The van der Waals surface area contributed by atoms with E-state index in [9.17, 15) is 0 Å². The van der Waals surface area contributed by atoms with Crippen LogP contribution < -0.4 is 10.1 Å². The summed E-state index contributed by atoms with van der Waals surface area (Å²) in [5, 5.41) is 3.33. The number of aromatic nitrogens is 1. The Balaban J connectivity index is 2.25. The van der Waals surface area contributed by atoms with E-state index in [0.717, 1.165) is 35.4 Å². The van der Waals surface area contributed by atoms with Crippen molar-refractivity contribution in [3.05, 3.63) is 22.4 Å². The van der Waals surface area contributed by atoms with Crippen molar-refractivity contribution in [2.24, 2.45) is 0 Å². The fourth-order valence-corrected chi connectivity index (χ4v) is 2.10. The third kappa shape index (κ3) is 1.91. The van der Waals surface area contributed by atoms with Gasteiger partial charge in [-0.2, -0.15) is 0 Å². The molecule has 1 aliphatic heterocycles. The molecule has 14 heavy (non-hydrogen) atoms. The monoisotopic (exact) mass is 256 g/mol. The van der Waals surface area contributed by atoms with Gasteiger partial charge in [0.05, 0.1) is 11.6 Å². The normalized spacial score (nSPS) is 21.1. The lowest BCUT2D eigenvalue weighted by atomic mass is 10.0. The summed E-state index contributed by atoms with van der Waals surface area (Å²) in [7, 11) is 1.68. The van der Waals surface area contributed by atoms with Crippen molar-refractivity contribution in [3.8, 4) is 5.75 Å². The highest BCUT2D eigenvalue weighted by Crippen LogP contribution is 2.28. The lowest BCUT2D eigenvalue weighted by Gasteiger charge is -2.10. The van der Waals surface area contributed by atoms with E-state index < -0.39 is 0 Å². The summed E-state index contributed by atoms with van der Waals surface area (Å²) in [6, 6.07) is 2.02. The maximum absolute atomic E-state index is 5.24. The summed E-state index contributed by atoms with van der Waals surface area (Å²) in [6.07, 6.45) is 2.98. The second-order valence-electron chi connectivity index (χ2n) is 3.43. The molecule has 1 aliphatic rings. The van der Waals surface area contributed by atoms with Gasteiger partial charge in [-0.05, 0) is 28.9 Å². The fraction of sp³-hybridized carbons (Fsp3) is 0.500. The van der Waals surface area contributed by atoms with E-state index in [4.69, 9.17) is 4.74 Å². The SMILES string of the molecule is COc1cc(C2CCNC2)ncc1Br. The van der Waals surface area contributed by atoms with Crippen LogP contribution >= 0.6 is 15.9 Å². The minimum Gasteiger partial charge on any atom is -0.495 e. The Morgan fingerprint density at radius 3 is 3.14 bits per heavy atom. The molecule has 2 heterocycles. The summed E-state index contributed by atoms with van der Waals surface area (Å²) >= 11 is 3.40. The van der Waals surface area contributed by atoms with E-state index in [1.807, 2.05) is 12.3 Å². The zero-order valence-electron chi connectivity index (χ0n) is 8.09. The molecular formula is C10H13BrN2O. The van der Waals surface area contributed by atoms with Crippen LogP contribution in [0.5, 0.6) is 5.75 Å². The van der Waals surface area contributed by atoms with Gasteiger partial charge in [-0.15, -0.1) is 0 Å². The lowest BCUT2D eigenvalue weighted by molar-refractivity contribution is 0.410. The van der Waals surface area contributed by atoms with Gasteiger partial charge >= 0.3 is 0 Å². The molecule has 1 saturated heterocycles. The standard InChI is InChI=1S/C10H13BrN2O/c1-14-10-4-9(13-6-8(10)11)7-2-3-12-5-7/h4,6-7,12H,2-3,5H2,1H3. The largest absolute Gasteiger partial charge is 0.495 e. The van der Waals surface area contributed by atoms with E-state index in [0.29, 0.717) is 5.92 Å². The Hall–Kier alpha value is -0.610. The first-order valence-electron chi connectivity index (χ1n) is 4.71. The molecule has 0 bridgehead atoms. The number of ether oxygens (including phenoxy) is 1. The van der Waals surface area contributed by atoms with Crippen LogP contribution in [0.15, 0.2) is 16.7 Å². The van der Waals surface area contributed by atoms with E-state index in [2.05, 4.69) is 26.2 Å². The summed E-state index contributed by atoms with van der Waals surface area (Å²) in [6.45, 7) is 2.11. The minimum atomic E-state index is 0.539. The molecule has 1 aromatic heterocycles. The molecule has 0 spiro atoms. The maximum atomic E-state index is 5.24. The first-order chi connectivity index (χ1) is 6.81. The van der Waals surface area contributed by atoms with Gasteiger partial charge in [-0.1, -0.05) is 0 Å². The Labute approximate surface area is 92.0 Å². The summed E-state index contributed by atoms with van der Waals surface area (Å²) in [5.74, 6) is 1.40. The average Bonchev–Trinajstić information content (AvgIpc) is 2.71. The van der Waals surface area contributed by atoms with Gasteiger partial charge in [0.1, 0.15) is 5.75 Å². The number of nitrogens with one attached hydrogen (secondary N) is 1. The average molecular weight is 257 g/mol. The molecule has 1 N–H and O–H groups in total. The lowest BCUT2D eigenvalue weighted by Crippen LogP contribution is -2.09. The second kappa shape index (κ2) is 4.28. The molecule has 4 heteroatoms. The number of methoxy groups -OCH3 is 1. The number of hydrogen-bond donors (Lipinski definition) is 1. The highest BCUT2D eigenvalue weighted by molar-refractivity contribution is 9.10. The predicted octanol–water partition coefficient (Wildman–Crippen LogP) is 1.93. The topological polar surface area (TPSA) is 34.1 Å². The van der Waals surface area contributed by atoms with E-state index in [1.54, 1.807) is 7.11 Å². The van der Waals surface area contributed by atoms with Crippen LogP contribution in [0.25, 0.3) is 0 Å². The Morgan fingerprint density at radius 1 is 1.64 bits per heavy atom. The molecule has 2 rings (SSSR count). The van der Waals surface area contributed by atoms with Gasteiger partial charge in [0.25, 0.3) is 0 Å². The van der Waals surface area contributed by atoms with Crippen molar-refractivity contribution in [2.45, 2.75) is 12.3 Å². The molecule has 0 saturated carbocycles. The zero-order chi connectivity index (χ0) is 9.97. The first kappa shape index (κ1) is 9.93. The Kier molecular flexibility index (Phi) is 3.03. The van der Waals surface area contributed by atoms with E-state index in [1.165, 1.54) is 0 Å². The van der Waals surface area contributed by atoms with Crippen LogP contribution in [0.1, 0.15) is 18.0 Å². The third-order valence-electron chi connectivity index (χ3n) is 2.54. The van der Waals surface area contributed by atoms with Crippen LogP contribution in [0, 0.1) is 0 Å². The van der Waals surface area contributed by atoms with Crippen molar-refractivity contribution in [1.82, 2.24) is 10.3 Å². The van der Waals surface area contributed by atoms with Crippen molar-refractivity contribution >= 4 is 15.9 Å². The molecular weight excluding hydrogens is 244 g/mol. The second-order valence-corrected chi connectivity index (χ2v) is 4.29. The fourth-order valence-electron chi connectivity index (χ4n) is 1.72. The van der Waals surface area contributed by atoms with Gasteiger partial charge in [0.15, 0.2) is 0 Å². The van der Waals surface area contributed by atoms with Gasteiger partial charge < -0.3 is 10.1 Å². The van der Waals surface area contributed by atoms with Crippen LogP contribution in [0.2, 0.25) is 0 Å². The van der Waals surface area contributed by atoms with Crippen LogP contribution in [-0.2, 0) is 0 Å². The molecule has 0 aliphatic carbocycles. The van der Waals surface area contributed by atoms with Gasteiger partial charge in [-0.3, -0.25) is 4.98 Å². The minimum absolute atomic E-state index is 0.539. The zero-order valence-corrected chi connectivity index (χ0v) is 9.67. The maximum Gasteiger partial charge on any atom is 0.136 e. The number of rotatable bonds is 2. The van der Waals surface area contributed by atoms with Crippen molar-refractivity contribution in [3.63, 3.8) is 0 Å². The van der Waals surface area contributed by atoms with Crippen molar-refractivity contribution < 1.29 is 4.74 Å². The van der Waals surface area contributed by atoms with Gasteiger partial charge in [0.2, 0.25) is 0 Å². The summed E-state index contributed by atoms with van der Waals surface area (Å²) < 4.78 is 6.15. The quantitative estimate of drug-likeness (QED) is 0.879. The van der Waals surface area contributed by atoms with E-state index in [-0.39, 0.29) is 0 Å². The predicted molar refractivity (Wildman–Crippen MR) is 58.7 cm³/mol. The van der Waals surface area contributed by atoms with Gasteiger partial charge in [-0.25, -0.2) is 0 Å². The molecule has 0 amide bonds. The molecule has 0 radical (unpaired) electrons. The molecule has 3 nitrogen and oxygen atoms in total. The molecule has 1 fully saturated rings. The summed E-state index contributed by atoms with van der Waals surface area (Å²) in [5.41, 5.74) is 1.12. The molecule has 0 aromatic carbocycles. The Morgan fingerprint density at radius 2 is 2.50 bits per heavy atom. The van der Waals surface area contributed by atoms with Crippen LogP contribution in [0.4, 0.5) is 0 Å². The smallest absolute Gasteiger partial charge is 0.136 e. The molecule has 76 valence electrons. The number of halogens is 1. The van der Waals surface area contributed by atoms with Crippen LogP contribution in [0.3, 0.4) is 0 Å². The van der Waals surface area contributed by atoms with Gasteiger partial charge in [0, 0.05) is 30.4 Å². The molecule has 1 aromatic rings. The first-order valence-corrected chi connectivity index (χ1v) is 5.50. The number of nitrogens with zero attached hydrogens (tertiary/aromatic N) is 1. The molecule has 1 unspecified atom stereocenters. The highest BCUT2D eigenvalue weighted by Gasteiger charge is 2.18. The number of hydrogen-bond acceptors (Lipinski definition) is 3. The molecule has 1 atom stereocenters.